The summed E-state index contributed by atoms with van der Waals surface area (Å²) >= 11 is 0. The van der Waals surface area contributed by atoms with Gasteiger partial charge < -0.3 is 32.0 Å². The predicted molar refractivity (Wildman–Crippen MR) is 102 cm³/mol. The molecule has 0 aliphatic carbocycles. The van der Waals surface area contributed by atoms with Gasteiger partial charge in [-0.05, 0) is 43.7 Å². The van der Waals surface area contributed by atoms with Crippen molar-refractivity contribution in [1.82, 2.24) is 0 Å². The van der Waals surface area contributed by atoms with Gasteiger partial charge >= 0.3 is 5.97 Å². The second-order valence-electron chi connectivity index (χ2n) is 6.08. The first-order chi connectivity index (χ1) is 13.2. The van der Waals surface area contributed by atoms with E-state index in [9.17, 15) is 9.59 Å². The lowest BCUT2D eigenvalue weighted by Gasteiger charge is -2.07. The molecule has 148 valence electrons. The van der Waals surface area contributed by atoms with Crippen molar-refractivity contribution in [3.63, 3.8) is 0 Å². The van der Waals surface area contributed by atoms with E-state index in [1.807, 2.05) is 18.2 Å². The Balaban J connectivity index is 0.00000280. The molecule has 2 N–H and O–H groups in total. The lowest BCUT2D eigenvalue weighted by Crippen LogP contribution is -3.00. The Bertz CT molecular complexity index is 971. The molecule has 2 aromatic carbocycles. The average Bonchev–Trinajstić information content (AvgIpc) is 2.68. The van der Waals surface area contributed by atoms with Gasteiger partial charge in [0.1, 0.15) is 23.3 Å². The summed E-state index contributed by atoms with van der Waals surface area (Å²) < 4.78 is 16.4. The normalized spacial score (nSPS) is 10.3. The summed E-state index contributed by atoms with van der Waals surface area (Å²) in [6, 6.07) is 13.7. The molecule has 6 nitrogen and oxygen atoms in total. The second kappa shape index (κ2) is 10.5. The van der Waals surface area contributed by atoms with Crippen LogP contribution in [0.3, 0.4) is 0 Å². The predicted octanol–water partition coefficient (Wildman–Crippen LogP) is 1.01. The molecule has 1 aromatic heterocycles. The van der Waals surface area contributed by atoms with E-state index < -0.39 is 0 Å². The summed E-state index contributed by atoms with van der Waals surface area (Å²) in [6.07, 6.45) is 4.10. The highest BCUT2D eigenvalue weighted by Gasteiger charge is 2.11. The molecule has 1 heterocycles. The minimum Gasteiger partial charge on any atom is -1.00 e. The van der Waals surface area contributed by atoms with Gasteiger partial charge in [0, 0.05) is 12.5 Å². The van der Waals surface area contributed by atoms with Crippen molar-refractivity contribution < 1.29 is 31.1 Å². The zero-order chi connectivity index (χ0) is 19.1. The van der Waals surface area contributed by atoms with Gasteiger partial charge in [-0.1, -0.05) is 24.6 Å². The number of ether oxygens (including phenoxy) is 2. The first kappa shape index (κ1) is 21.5. The fourth-order valence-corrected chi connectivity index (χ4v) is 2.61. The van der Waals surface area contributed by atoms with Crippen LogP contribution in [-0.4, -0.2) is 12.5 Å². The van der Waals surface area contributed by atoms with Crippen molar-refractivity contribution in [2.75, 3.05) is 6.54 Å². The van der Waals surface area contributed by atoms with Crippen LogP contribution in [0.4, 0.5) is 0 Å². The molecule has 0 unspecified atom stereocenters. The number of esters is 1. The summed E-state index contributed by atoms with van der Waals surface area (Å²) in [5.74, 6) is 0.659. The molecule has 0 amide bonds. The number of hydrogen-bond acceptors (Lipinski definition) is 6. The number of fused-ring (bicyclic) bond motifs is 1. The Morgan fingerprint density at radius 3 is 2.54 bits per heavy atom. The number of halogens is 1. The molecule has 28 heavy (non-hydrogen) atoms. The summed E-state index contributed by atoms with van der Waals surface area (Å²) in [5, 5.41) is 0.353. The Morgan fingerprint density at radius 1 is 1.00 bits per heavy atom. The van der Waals surface area contributed by atoms with Crippen LogP contribution in [0.5, 0.6) is 17.2 Å². The van der Waals surface area contributed by atoms with Crippen molar-refractivity contribution in [3.05, 3.63) is 65.0 Å². The zero-order valence-electron chi connectivity index (χ0n) is 15.2. The molecule has 0 bridgehead atoms. The number of unbranched alkanes of at least 4 members (excludes halogenated alkanes) is 2. The molecular formula is C21H21ClNO5-. The van der Waals surface area contributed by atoms with Crippen LogP contribution in [0.1, 0.15) is 25.7 Å². The first-order valence-electron chi connectivity index (χ1n) is 8.86. The minimum atomic E-state index is -0.322. The van der Waals surface area contributed by atoms with Gasteiger partial charge in [0.05, 0.1) is 5.39 Å². The Hall–Kier alpha value is -2.83. The lowest BCUT2D eigenvalue weighted by molar-refractivity contribution is -0.134. The second-order valence-corrected chi connectivity index (χ2v) is 6.08. The molecule has 0 saturated heterocycles. The summed E-state index contributed by atoms with van der Waals surface area (Å²) in [6.45, 7) is 0.620. The van der Waals surface area contributed by atoms with Crippen LogP contribution in [0.25, 0.3) is 11.0 Å². The number of nitrogens with two attached hydrogens (primary N) is 1. The third kappa shape index (κ3) is 5.58. The third-order valence-electron chi connectivity index (χ3n) is 4.00. The highest BCUT2D eigenvalue weighted by Crippen LogP contribution is 2.24. The van der Waals surface area contributed by atoms with Gasteiger partial charge in [-0.3, -0.25) is 9.59 Å². The standard InChI is InChI=1S/C21H21NO5.ClH/c22-12-6-2-5-9-20(23)27-16-10-11-17-18(13-16)25-14-19(21(17)24)26-15-7-3-1-4-8-15;/h1,3-4,7-8,10-11,13-14H,2,5-6,9,12,22H2;1H/p-1. The van der Waals surface area contributed by atoms with Crippen molar-refractivity contribution in [1.29, 1.82) is 0 Å². The van der Waals surface area contributed by atoms with Gasteiger partial charge in [0.25, 0.3) is 0 Å². The van der Waals surface area contributed by atoms with Crippen molar-refractivity contribution in [3.8, 4) is 17.2 Å². The smallest absolute Gasteiger partial charge is 0.311 e. The van der Waals surface area contributed by atoms with Crippen LogP contribution in [0, 0.1) is 0 Å². The molecular weight excluding hydrogens is 382 g/mol. The van der Waals surface area contributed by atoms with E-state index in [0.29, 0.717) is 35.4 Å². The Labute approximate surface area is 168 Å². The van der Waals surface area contributed by atoms with Crippen LogP contribution < -0.4 is 33.0 Å². The van der Waals surface area contributed by atoms with Crippen LogP contribution >= 0.6 is 0 Å². The van der Waals surface area contributed by atoms with Gasteiger partial charge in [-0.25, -0.2) is 0 Å². The highest BCUT2D eigenvalue weighted by atomic mass is 35.5. The molecule has 0 atom stereocenters. The van der Waals surface area contributed by atoms with E-state index in [-0.39, 0.29) is 29.6 Å². The quantitative estimate of drug-likeness (QED) is 0.343. The molecule has 3 rings (SSSR count). The fourth-order valence-electron chi connectivity index (χ4n) is 2.61. The van der Waals surface area contributed by atoms with E-state index in [2.05, 4.69) is 0 Å². The van der Waals surface area contributed by atoms with Crippen molar-refractivity contribution >= 4 is 16.9 Å². The highest BCUT2D eigenvalue weighted by molar-refractivity contribution is 5.80. The summed E-state index contributed by atoms with van der Waals surface area (Å²) in [7, 11) is 0. The number of para-hydroxylation sites is 1. The molecule has 7 heteroatoms. The molecule has 0 radical (unpaired) electrons. The summed E-state index contributed by atoms with van der Waals surface area (Å²) in [4.78, 5) is 24.4. The molecule has 0 aliphatic rings. The number of rotatable bonds is 8. The third-order valence-corrected chi connectivity index (χ3v) is 4.00. The van der Waals surface area contributed by atoms with Gasteiger partial charge in [-0.15, -0.1) is 0 Å². The number of benzene rings is 2. The van der Waals surface area contributed by atoms with Crippen molar-refractivity contribution in [2.24, 2.45) is 5.73 Å². The first-order valence-corrected chi connectivity index (χ1v) is 8.86. The van der Waals surface area contributed by atoms with Crippen LogP contribution in [0.15, 0.2) is 64.0 Å². The Morgan fingerprint density at radius 2 is 1.79 bits per heavy atom. The number of carbonyl (C=O) groups excluding carboxylic acids is 1. The molecule has 3 aromatic rings. The van der Waals surface area contributed by atoms with E-state index in [4.69, 9.17) is 19.6 Å². The maximum Gasteiger partial charge on any atom is 0.311 e. The largest absolute Gasteiger partial charge is 1.00 e. The number of carbonyl (C=O) groups is 1. The van der Waals surface area contributed by atoms with Gasteiger partial charge in [0.2, 0.25) is 11.2 Å². The van der Waals surface area contributed by atoms with E-state index in [1.54, 1.807) is 24.3 Å². The van der Waals surface area contributed by atoms with E-state index in [0.717, 1.165) is 19.3 Å². The van der Waals surface area contributed by atoms with Crippen LogP contribution in [-0.2, 0) is 4.79 Å². The maximum atomic E-state index is 12.6. The molecule has 0 spiro atoms. The number of hydrogen-bond donors (Lipinski definition) is 1. The SMILES string of the molecule is NCCCCCC(=O)Oc1ccc2c(=O)c(Oc3ccccc3)coc2c1.[Cl-]. The Kier molecular flexibility index (Phi) is 8.04. The van der Waals surface area contributed by atoms with E-state index >= 15 is 0 Å². The van der Waals surface area contributed by atoms with E-state index in [1.165, 1.54) is 12.3 Å². The average molecular weight is 403 g/mol. The zero-order valence-corrected chi connectivity index (χ0v) is 16.0. The topological polar surface area (TPSA) is 91.8 Å². The lowest BCUT2D eigenvalue weighted by atomic mass is 10.2. The minimum absolute atomic E-state index is 0. The summed E-state index contributed by atoms with van der Waals surface area (Å²) in [5.41, 5.74) is 5.46. The molecule has 0 saturated carbocycles. The fraction of sp³-hybridized carbons (Fsp3) is 0.238. The molecule has 0 fully saturated rings. The van der Waals surface area contributed by atoms with Gasteiger partial charge in [-0.2, -0.15) is 0 Å². The van der Waals surface area contributed by atoms with Crippen molar-refractivity contribution in [2.45, 2.75) is 25.7 Å². The van der Waals surface area contributed by atoms with Gasteiger partial charge in [0.15, 0.2) is 0 Å². The maximum absolute atomic E-state index is 12.6. The van der Waals surface area contributed by atoms with Crippen LogP contribution in [0.2, 0.25) is 0 Å². The monoisotopic (exact) mass is 402 g/mol. The molecule has 0 aliphatic heterocycles.